The van der Waals surface area contributed by atoms with Gasteiger partial charge in [-0.1, -0.05) is 13.0 Å². The standard InChI is InChI=1S/C14H25N3O/c1-4-17(10-13(15)8-9-18-3)11-14-7-5-6-12(2)16-14/h5-7,13H,4,8-11,15H2,1-3H3. The molecule has 0 aliphatic carbocycles. The molecule has 1 unspecified atom stereocenters. The van der Waals surface area contributed by atoms with Crippen molar-refractivity contribution in [2.75, 3.05) is 26.8 Å². The van der Waals surface area contributed by atoms with Crippen molar-refractivity contribution < 1.29 is 4.74 Å². The zero-order valence-corrected chi connectivity index (χ0v) is 11.7. The lowest BCUT2D eigenvalue weighted by molar-refractivity contribution is 0.174. The number of rotatable bonds is 8. The van der Waals surface area contributed by atoms with Gasteiger partial charge in [-0.05, 0) is 32.0 Å². The largest absolute Gasteiger partial charge is 0.385 e. The van der Waals surface area contributed by atoms with E-state index in [1.807, 2.05) is 13.0 Å². The van der Waals surface area contributed by atoms with Crippen LogP contribution in [0.2, 0.25) is 0 Å². The Morgan fingerprint density at radius 2 is 2.22 bits per heavy atom. The normalized spacial score (nSPS) is 12.9. The van der Waals surface area contributed by atoms with Crippen LogP contribution in [0.3, 0.4) is 0 Å². The van der Waals surface area contributed by atoms with Crippen molar-refractivity contribution in [3.63, 3.8) is 0 Å². The summed E-state index contributed by atoms with van der Waals surface area (Å²) >= 11 is 0. The topological polar surface area (TPSA) is 51.4 Å². The lowest BCUT2D eigenvalue weighted by Crippen LogP contribution is -2.38. The van der Waals surface area contributed by atoms with E-state index in [-0.39, 0.29) is 6.04 Å². The molecule has 0 aliphatic heterocycles. The maximum absolute atomic E-state index is 6.08. The summed E-state index contributed by atoms with van der Waals surface area (Å²) in [6.07, 6.45) is 0.897. The van der Waals surface area contributed by atoms with Crippen molar-refractivity contribution in [1.29, 1.82) is 0 Å². The van der Waals surface area contributed by atoms with Gasteiger partial charge in [0.05, 0.1) is 5.69 Å². The predicted molar refractivity (Wildman–Crippen MR) is 74.4 cm³/mol. The van der Waals surface area contributed by atoms with Gasteiger partial charge in [-0.2, -0.15) is 0 Å². The van der Waals surface area contributed by atoms with Crippen LogP contribution >= 0.6 is 0 Å². The molecule has 0 aromatic carbocycles. The number of aryl methyl sites for hydroxylation is 1. The summed E-state index contributed by atoms with van der Waals surface area (Å²) in [7, 11) is 1.71. The molecule has 0 amide bonds. The van der Waals surface area contributed by atoms with E-state index in [0.29, 0.717) is 0 Å². The van der Waals surface area contributed by atoms with Crippen LogP contribution in [0.4, 0.5) is 0 Å². The van der Waals surface area contributed by atoms with Crippen LogP contribution in [0, 0.1) is 6.92 Å². The summed E-state index contributed by atoms with van der Waals surface area (Å²) in [6, 6.07) is 6.30. The highest BCUT2D eigenvalue weighted by molar-refractivity contribution is 5.09. The minimum absolute atomic E-state index is 0.162. The van der Waals surface area contributed by atoms with E-state index in [0.717, 1.165) is 44.0 Å². The lowest BCUT2D eigenvalue weighted by Gasteiger charge is -2.23. The van der Waals surface area contributed by atoms with Crippen LogP contribution in [-0.4, -0.2) is 42.7 Å². The second kappa shape index (κ2) is 8.19. The van der Waals surface area contributed by atoms with E-state index < -0.39 is 0 Å². The highest BCUT2D eigenvalue weighted by atomic mass is 16.5. The number of hydrogen-bond acceptors (Lipinski definition) is 4. The molecule has 1 aromatic heterocycles. The Balaban J connectivity index is 2.46. The Labute approximate surface area is 110 Å². The van der Waals surface area contributed by atoms with Gasteiger partial charge in [-0.25, -0.2) is 0 Å². The maximum atomic E-state index is 6.08. The van der Waals surface area contributed by atoms with Crippen molar-refractivity contribution in [2.45, 2.75) is 32.9 Å². The molecular formula is C14H25N3O. The summed E-state index contributed by atoms with van der Waals surface area (Å²) in [5, 5.41) is 0. The van der Waals surface area contributed by atoms with Crippen molar-refractivity contribution in [3.05, 3.63) is 29.6 Å². The molecule has 0 spiro atoms. The monoisotopic (exact) mass is 251 g/mol. The fourth-order valence-corrected chi connectivity index (χ4v) is 1.91. The van der Waals surface area contributed by atoms with Gasteiger partial charge in [0.1, 0.15) is 0 Å². The highest BCUT2D eigenvalue weighted by Gasteiger charge is 2.10. The van der Waals surface area contributed by atoms with Crippen LogP contribution < -0.4 is 5.73 Å². The molecule has 102 valence electrons. The molecule has 2 N–H and O–H groups in total. The average molecular weight is 251 g/mol. The van der Waals surface area contributed by atoms with Crippen molar-refractivity contribution in [3.8, 4) is 0 Å². The number of pyridine rings is 1. The Hall–Kier alpha value is -0.970. The van der Waals surface area contributed by atoms with Gasteiger partial charge < -0.3 is 10.5 Å². The van der Waals surface area contributed by atoms with Crippen LogP contribution in [0.5, 0.6) is 0 Å². The quantitative estimate of drug-likeness (QED) is 0.762. The number of aromatic nitrogens is 1. The summed E-state index contributed by atoms with van der Waals surface area (Å²) < 4.78 is 5.05. The Morgan fingerprint density at radius 3 is 2.83 bits per heavy atom. The molecule has 4 nitrogen and oxygen atoms in total. The van der Waals surface area contributed by atoms with E-state index in [1.54, 1.807) is 7.11 Å². The Bertz CT molecular complexity index is 344. The molecule has 0 saturated carbocycles. The Kier molecular flexibility index (Phi) is 6.86. The molecule has 1 aromatic rings. The number of likely N-dealkylation sites (N-methyl/N-ethyl adjacent to an activating group) is 1. The van der Waals surface area contributed by atoms with Crippen molar-refractivity contribution >= 4 is 0 Å². The average Bonchev–Trinajstić information content (AvgIpc) is 2.35. The second-order valence-electron chi connectivity index (χ2n) is 4.64. The number of nitrogens with two attached hydrogens (primary N) is 1. The van der Waals surface area contributed by atoms with Gasteiger partial charge in [0.2, 0.25) is 0 Å². The van der Waals surface area contributed by atoms with Gasteiger partial charge in [0.25, 0.3) is 0 Å². The number of nitrogens with zero attached hydrogens (tertiary/aromatic N) is 2. The molecule has 0 fully saturated rings. The van der Waals surface area contributed by atoms with Crippen molar-refractivity contribution in [2.24, 2.45) is 5.73 Å². The molecule has 0 radical (unpaired) electrons. The third kappa shape index (κ3) is 5.58. The summed E-state index contributed by atoms with van der Waals surface area (Å²) in [6.45, 7) is 7.62. The molecule has 1 atom stereocenters. The summed E-state index contributed by atoms with van der Waals surface area (Å²) in [5.74, 6) is 0. The highest BCUT2D eigenvalue weighted by Crippen LogP contribution is 2.04. The molecule has 0 bridgehead atoms. The number of hydrogen-bond donors (Lipinski definition) is 1. The Morgan fingerprint density at radius 1 is 1.44 bits per heavy atom. The summed E-state index contributed by atoms with van der Waals surface area (Å²) in [4.78, 5) is 6.84. The maximum Gasteiger partial charge on any atom is 0.0547 e. The minimum atomic E-state index is 0.162. The first-order valence-electron chi connectivity index (χ1n) is 6.55. The summed E-state index contributed by atoms with van der Waals surface area (Å²) in [5.41, 5.74) is 8.25. The number of ether oxygens (including phenoxy) is 1. The first-order valence-corrected chi connectivity index (χ1v) is 6.55. The smallest absolute Gasteiger partial charge is 0.0547 e. The van der Waals surface area contributed by atoms with Gasteiger partial charge in [-0.15, -0.1) is 0 Å². The van der Waals surface area contributed by atoms with Gasteiger partial charge in [0, 0.05) is 38.5 Å². The van der Waals surface area contributed by atoms with E-state index >= 15 is 0 Å². The van der Waals surface area contributed by atoms with Crippen molar-refractivity contribution in [1.82, 2.24) is 9.88 Å². The fourth-order valence-electron chi connectivity index (χ4n) is 1.91. The van der Waals surface area contributed by atoms with Crippen LogP contribution in [-0.2, 0) is 11.3 Å². The van der Waals surface area contributed by atoms with Gasteiger partial charge in [-0.3, -0.25) is 9.88 Å². The molecule has 1 rings (SSSR count). The third-order valence-corrected chi connectivity index (χ3v) is 2.96. The lowest BCUT2D eigenvalue weighted by atomic mass is 10.2. The SMILES string of the molecule is CCN(Cc1cccc(C)n1)CC(N)CCOC. The molecule has 4 heteroatoms. The van der Waals surface area contributed by atoms with E-state index in [1.165, 1.54) is 0 Å². The van der Waals surface area contributed by atoms with Gasteiger partial charge in [0.15, 0.2) is 0 Å². The van der Waals surface area contributed by atoms with Crippen LogP contribution in [0.15, 0.2) is 18.2 Å². The predicted octanol–water partition coefficient (Wildman–Crippen LogP) is 1.58. The zero-order valence-electron chi connectivity index (χ0n) is 11.7. The van der Waals surface area contributed by atoms with Crippen LogP contribution in [0.25, 0.3) is 0 Å². The first kappa shape index (κ1) is 15.1. The first-order chi connectivity index (χ1) is 8.65. The van der Waals surface area contributed by atoms with Crippen LogP contribution in [0.1, 0.15) is 24.7 Å². The third-order valence-electron chi connectivity index (χ3n) is 2.96. The molecule has 0 saturated heterocycles. The minimum Gasteiger partial charge on any atom is -0.385 e. The molecular weight excluding hydrogens is 226 g/mol. The second-order valence-corrected chi connectivity index (χ2v) is 4.64. The molecule has 1 heterocycles. The molecule has 18 heavy (non-hydrogen) atoms. The zero-order chi connectivity index (χ0) is 13.4. The number of methoxy groups -OCH3 is 1. The van der Waals surface area contributed by atoms with E-state index in [4.69, 9.17) is 10.5 Å². The van der Waals surface area contributed by atoms with E-state index in [2.05, 4.69) is 28.9 Å². The van der Waals surface area contributed by atoms with Gasteiger partial charge >= 0.3 is 0 Å². The fraction of sp³-hybridized carbons (Fsp3) is 0.643. The van der Waals surface area contributed by atoms with E-state index in [9.17, 15) is 0 Å². The molecule has 0 aliphatic rings.